The highest BCUT2D eigenvalue weighted by molar-refractivity contribution is 6.35. The standard InChI is InChI=1S/C37H24N2O7/c1-21-6-3-8-25(16-21)45-27-10-5-11-28(20-27)46-26-9-4-7-24(19-26)39-36(43)30-15-13-23(18-32(30)37(39)44)33(40)22-12-14-29-31(17-22)35(42)38(2)34(29)41/h3-20H,1-2H3. The molecule has 0 aromatic heterocycles. The Morgan fingerprint density at radius 2 is 1.00 bits per heavy atom. The minimum atomic E-state index is -0.586. The summed E-state index contributed by atoms with van der Waals surface area (Å²) >= 11 is 0. The topological polar surface area (TPSA) is 110 Å². The molecule has 0 N–H and O–H groups in total. The molecular weight excluding hydrogens is 584 g/mol. The molecule has 0 aliphatic carbocycles. The number of imide groups is 2. The van der Waals surface area contributed by atoms with E-state index in [1.807, 2.05) is 37.3 Å². The Balaban J connectivity index is 1.11. The number of aryl methyl sites for hydroxylation is 1. The maximum atomic E-state index is 13.5. The van der Waals surface area contributed by atoms with Crippen LogP contribution in [-0.2, 0) is 0 Å². The summed E-state index contributed by atoms with van der Waals surface area (Å²) in [6.45, 7) is 1.98. The molecule has 0 saturated heterocycles. The fourth-order valence-corrected chi connectivity index (χ4v) is 5.52. The van der Waals surface area contributed by atoms with Crippen LogP contribution in [0.1, 0.15) is 62.9 Å². The molecule has 2 heterocycles. The summed E-state index contributed by atoms with van der Waals surface area (Å²) in [5, 5.41) is 0. The number of carbonyl (C=O) groups is 5. The highest BCUT2D eigenvalue weighted by atomic mass is 16.5. The van der Waals surface area contributed by atoms with Crippen molar-refractivity contribution in [3.8, 4) is 23.0 Å². The van der Waals surface area contributed by atoms with Crippen LogP contribution in [0.4, 0.5) is 5.69 Å². The first kappa shape index (κ1) is 28.4. The lowest BCUT2D eigenvalue weighted by atomic mass is 9.96. The Kier molecular flexibility index (Phi) is 6.78. The van der Waals surface area contributed by atoms with Crippen LogP contribution < -0.4 is 14.4 Å². The molecule has 0 fully saturated rings. The van der Waals surface area contributed by atoms with Crippen molar-refractivity contribution in [1.29, 1.82) is 0 Å². The Morgan fingerprint density at radius 1 is 0.522 bits per heavy atom. The molecule has 224 valence electrons. The number of anilines is 1. The van der Waals surface area contributed by atoms with Crippen LogP contribution in [0.2, 0.25) is 0 Å². The van der Waals surface area contributed by atoms with Crippen LogP contribution in [0.15, 0.2) is 109 Å². The summed E-state index contributed by atoms with van der Waals surface area (Å²) < 4.78 is 12.0. The van der Waals surface area contributed by atoms with Crippen molar-refractivity contribution in [3.63, 3.8) is 0 Å². The number of amides is 4. The molecule has 2 aliphatic rings. The Labute approximate surface area is 263 Å². The van der Waals surface area contributed by atoms with Gasteiger partial charge in [-0.15, -0.1) is 0 Å². The van der Waals surface area contributed by atoms with Gasteiger partial charge in [0.2, 0.25) is 0 Å². The van der Waals surface area contributed by atoms with Crippen LogP contribution >= 0.6 is 0 Å². The maximum absolute atomic E-state index is 13.5. The molecule has 0 saturated carbocycles. The first-order valence-corrected chi connectivity index (χ1v) is 14.3. The first-order valence-electron chi connectivity index (χ1n) is 14.3. The fourth-order valence-electron chi connectivity index (χ4n) is 5.52. The second-order valence-electron chi connectivity index (χ2n) is 11.0. The van der Waals surface area contributed by atoms with Crippen LogP contribution in [-0.4, -0.2) is 41.4 Å². The van der Waals surface area contributed by atoms with Crippen LogP contribution in [0.5, 0.6) is 23.0 Å². The Bertz CT molecular complexity index is 2150. The zero-order chi connectivity index (χ0) is 32.1. The Hall–Kier alpha value is -6.35. The van der Waals surface area contributed by atoms with Crippen molar-refractivity contribution >= 4 is 35.1 Å². The monoisotopic (exact) mass is 608 g/mol. The second-order valence-corrected chi connectivity index (χ2v) is 11.0. The van der Waals surface area contributed by atoms with Gasteiger partial charge in [0.25, 0.3) is 23.6 Å². The third kappa shape index (κ3) is 4.89. The quantitative estimate of drug-likeness (QED) is 0.147. The number of hydrogen-bond acceptors (Lipinski definition) is 7. The van der Waals surface area contributed by atoms with Crippen LogP contribution in [0.25, 0.3) is 0 Å². The van der Waals surface area contributed by atoms with Crippen molar-refractivity contribution in [2.45, 2.75) is 6.92 Å². The number of nitrogens with zero attached hydrogens (tertiary/aromatic N) is 2. The zero-order valence-corrected chi connectivity index (χ0v) is 24.6. The normalized spacial score (nSPS) is 13.6. The van der Waals surface area contributed by atoms with E-state index in [4.69, 9.17) is 9.47 Å². The SMILES string of the molecule is Cc1cccc(Oc2cccc(Oc3cccc(N4C(=O)c5ccc(C(=O)c6ccc7c(c6)C(=O)N(C)C7=O)cc5C4=O)c3)c2)c1. The highest BCUT2D eigenvalue weighted by Crippen LogP contribution is 2.34. The largest absolute Gasteiger partial charge is 0.457 e. The van der Waals surface area contributed by atoms with E-state index >= 15 is 0 Å². The fraction of sp³-hybridized carbons (Fsp3) is 0.0541. The minimum absolute atomic E-state index is 0.0790. The molecule has 4 amide bonds. The summed E-state index contributed by atoms with van der Waals surface area (Å²) in [5.41, 5.74) is 2.32. The summed E-state index contributed by atoms with van der Waals surface area (Å²) in [7, 11) is 1.38. The van der Waals surface area contributed by atoms with E-state index in [0.717, 1.165) is 15.4 Å². The van der Waals surface area contributed by atoms with Crippen molar-refractivity contribution in [2.75, 3.05) is 11.9 Å². The van der Waals surface area contributed by atoms with E-state index < -0.39 is 29.4 Å². The van der Waals surface area contributed by atoms with Crippen molar-refractivity contribution in [1.82, 2.24) is 4.90 Å². The predicted molar refractivity (Wildman–Crippen MR) is 168 cm³/mol. The van der Waals surface area contributed by atoms with E-state index in [9.17, 15) is 24.0 Å². The molecular formula is C37H24N2O7. The van der Waals surface area contributed by atoms with E-state index in [2.05, 4.69) is 0 Å². The van der Waals surface area contributed by atoms with Gasteiger partial charge in [0.1, 0.15) is 23.0 Å². The summed E-state index contributed by atoms with van der Waals surface area (Å²) in [5.74, 6) is -0.330. The van der Waals surface area contributed by atoms with Gasteiger partial charge < -0.3 is 9.47 Å². The number of ether oxygens (including phenoxy) is 2. The second kappa shape index (κ2) is 11.0. The number of ketones is 1. The lowest BCUT2D eigenvalue weighted by molar-refractivity contribution is 0.0692. The molecule has 0 unspecified atom stereocenters. The van der Waals surface area contributed by atoms with Crippen molar-refractivity contribution in [2.24, 2.45) is 0 Å². The molecule has 0 atom stereocenters. The predicted octanol–water partition coefficient (Wildman–Crippen LogP) is 6.84. The summed E-state index contributed by atoms with van der Waals surface area (Å²) in [6.07, 6.45) is 0. The van der Waals surface area contributed by atoms with Gasteiger partial charge in [0, 0.05) is 30.3 Å². The van der Waals surface area contributed by atoms with E-state index in [-0.39, 0.29) is 33.4 Å². The Morgan fingerprint density at radius 3 is 1.63 bits per heavy atom. The lowest BCUT2D eigenvalue weighted by Crippen LogP contribution is -2.29. The van der Waals surface area contributed by atoms with Gasteiger partial charge in [-0.05, 0) is 73.2 Å². The number of fused-ring (bicyclic) bond motifs is 2. The lowest BCUT2D eigenvalue weighted by Gasteiger charge is -2.15. The van der Waals surface area contributed by atoms with Gasteiger partial charge in [0.15, 0.2) is 5.78 Å². The molecule has 0 spiro atoms. The molecule has 7 rings (SSSR count). The highest BCUT2D eigenvalue weighted by Gasteiger charge is 2.38. The van der Waals surface area contributed by atoms with Crippen molar-refractivity contribution < 1.29 is 33.4 Å². The summed E-state index contributed by atoms with van der Waals surface area (Å²) in [6, 6.07) is 30.0. The van der Waals surface area contributed by atoms with Crippen molar-refractivity contribution in [3.05, 3.63) is 148 Å². The van der Waals surface area contributed by atoms with Gasteiger partial charge in [-0.1, -0.05) is 36.4 Å². The number of rotatable bonds is 7. The van der Waals surface area contributed by atoms with Gasteiger partial charge in [-0.25, -0.2) is 4.90 Å². The van der Waals surface area contributed by atoms with Gasteiger partial charge in [-0.2, -0.15) is 0 Å². The number of benzene rings is 5. The molecule has 0 radical (unpaired) electrons. The van der Waals surface area contributed by atoms with E-state index in [1.54, 1.807) is 42.5 Å². The molecule has 9 nitrogen and oxygen atoms in total. The molecule has 5 aromatic carbocycles. The zero-order valence-electron chi connectivity index (χ0n) is 24.6. The number of carbonyl (C=O) groups excluding carboxylic acids is 5. The van der Waals surface area contributed by atoms with Gasteiger partial charge in [-0.3, -0.25) is 28.9 Å². The average molecular weight is 609 g/mol. The van der Waals surface area contributed by atoms with Gasteiger partial charge in [0.05, 0.1) is 27.9 Å². The van der Waals surface area contributed by atoms with E-state index in [1.165, 1.54) is 43.4 Å². The molecule has 5 aromatic rings. The molecule has 9 heteroatoms. The third-order valence-electron chi connectivity index (χ3n) is 7.84. The molecule has 0 bridgehead atoms. The smallest absolute Gasteiger partial charge is 0.266 e. The average Bonchev–Trinajstić information content (AvgIpc) is 3.43. The number of hydrogen-bond donors (Lipinski definition) is 0. The van der Waals surface area contributed by atoms with Crippen LogP contribution in [0.3, 0.4) is 0 Å². The van der Waals surface area contributed by atoms with E-state index in [0.29, 0.717) is 28.7 Å². The van der Waals surface area contributed by atoms with Gasteiger partial charge >= 0.3 is 0 Å². The maximum Gasteiger partial charge on any atom is 0.266 e. The summed E-state index contributed by atoms with van der Waals surface area (Å²) in [4.78, 5) is 67.0. The molecule has 46 heavy (non-hydrogen) atoms. The minimum Gasteiger partial charge on any atom is -0.457 e. The first-order chi connectivity index (χ1) is 22.2. The third-order valence-corrected chi connectivity index (χ3v) is 7.84. The van der Waals surface area contributed by atoms with Crippen LogP contribution in [0, 0.1) is 6.92 Å². The molecule has 2 aliphatic heterocycles.